The highest BCUT2D eigenvalue weighted by Crippen LogP contribution is 2.21. The Labute approximate surface area is 139 Å². The van der Waals surface area contributed by atoms with Crippen LogP contribution in [-0.4, -0.2) is 44.0 Å². The van der Waals surface area contributed by atoms with Crippen molar-refractivity contribution in [2.24, 2.45) is 0 Å². The molecule has 0 atom stereocenters. The molecule has 0 radical (unpaired) electrons. The molecule has 1 N–H and O–H groups in total. The molecule has 10 heteroatoms. The lowest BCUT2D eigenvalue weighted by molar-refractivity contribution is -0.140. The van der Waals surface area contributed by atoms with Gasteiger partial charge in [-0.2, -0.15) is 13.2 Å². The Morgan fingerprint density at radius 2 is 1.83 bits per heavy atom. The first-order chi connectivity index (χ1) is 10.7. The van der Waals surface area contributed by atoms with E-state index in [1.807, 2.05) is 0 Å². The molecule has 1 aromatic heterocycles. The highest BCUT2D eigenvalue weighted by atomic mass is 32.2. The van der Waals surface area contributed by atoms with E-state index in [4.69, 9.17) is 4.42 Å². The predicted molar refractivity (Wildman–Crippen MR) is 81.0 cm³/mol. The minimum absolute atomic E-state index is 0.124. The van der Waals surface area contributed by atoms with Gasteiger partial charge in [0.25, 0.3) is 15.9 Å². The number of hydrogen-bond acceptors (Lipinski definition) is 4. The lowest BCUT2D eigenvalue weighted by Crippen LogP contribution is -2.40. The van der Waals surface area contributed by atoms with Crippen LogP contribution in [0.3, 0.4) is 0 Å². The molecule has 1 amide bonds. The summed E-state index contributed by atoms with van der Waals surface area (Å²) in [5.41, 5.74) is -0.777. The van der Waals surface area contributed by atoms with Crippen LogP contribution in [0.2, 0.25) is 0 Å². The van der Waals surface area contributed by atoms with Gasteiger partial charge in [0.05, 0.1) is 0 Å². The van der Waals surface area contributed by atoms with Gasteiger partial charge in [-0.15, -0.1) is 0 Å². The molecule has 0 spiro atoms. The van der Waals surface area contributed by atoms with E-state index in [0.29, 0.717) is 11.3 Å². The molecule has 0 aliphatic rings. The van der Waals surface area contributed by atoms with Gasteiger partial charge in [-0.25, -0.2) is 13.1 Å². The molecule has 1 aromatic rings. The van der Waals surface area contributed by atoms with Gasteiger partial charge in [0.2, 0.25) is 5.09 Å². The number of hydrogen-bond donors (Lipinski definition) is 1. The molecule has 0 unspecified atom stereocenters. The Morgan fingerprint density at radius 3 is 2.29 bits per heavy atom. The molecule has 6 nitrogen and oxygen atoms in total. The smallest absolute Gasteiger partial charge is 0.406 e. The molecule has 0 bridgehead atoms. The Kier molecular flexibility index (Phi) is 6.10. The van der Waals surface area contributed by atoms with Crippen LogP contribution in [0.15, 0.2) is 21.6 Å². The van der Waals surface area contributed by atoms with Crippen molar-refractivity contribution in [3.05, 3.63) is 17.9 Å². The van der Waals surface area contributed by atoms with Crippen molar-refractivity contribution in [1.82, 2.24) is 9.62 Å². The minimum atomic E-state index is -4.56. The SMILES string of the molecule is CCCN(CC(F)(F)F)C(=O)c1ccc(S(=O)(=O)NC(C)(C)C)o1. The second-order valence-corrected chi connectivity index (χ2v) is 7.93. The summed E-state index contributed by atoms with van der Waals surface area (Å²) in [4.78, 5) is 12.7. The van der Waals surface area contributed by atoms with Crippen molar-refractivity contribution in [2.75, 3.05) is 13.1 Å². The van der Waals surface area contributed by atoms with Crippen LogP contribution in [0.5, 0.6) is 0 Å². The molecule has 24 heavy (non-hydrogen) atoms. The molecule has 1 heterocycles. The summed E-state index contributed by atoms with van der Waals surface area (Å²) in [5, 5.41) is -0.524. The number of carbonyl (C=O) groups is 1. The Hall–Kier alpha value is -1.55. The van der Waals surface area contributed by atoms with Crippen molar-refractivity contribution >= 4 is 15.9 Å². The van der Waals surface area contributed by atoms with Crippen molar-refractivity contribution in [1.29, 1.82) is 0 Å². The largest absolute Gasteiger partial charge is 0.438 e. The lowest BCUT2D eigenvalue weighted by Gasteiger charge is -2.22. The molecule has 0 aliphatic carbocycles. The first-order valence-electron chi connectivity index (χ1n) is 7.25. The van der Waals surface area contributed by atoms with Crippen LogP contribution in [-0.2, 0) is 10.0 Å². The van der Waals surface area contributed by atoms with Crippen molar-refractivity contribution in [3.63, 3.8) is 0 Å². The van der Waals surface area contributed by atoms with E-state index in [1.54, 1.807) is 27.7 Å². The normalized spacial score (nSPS) is 13.1. The van der Waals surface area contributed by atoms with Gasteiger partial charge in [-0.3, -0.25) is 4.79 Å². The standard InChI is InChI=1S/C14H21F3N2O4S/c1-5-8-19(9-14(15,16)17)12(20)10-6-7-11(23-10)24(21,22)18-13(2,3)4/h6-7,18H,5,8-9H2,1-4H3. The predicted octanol–water partition coefficient (Wildman–Crippen LogP) is 2.77. The molecule has 0 aromatic carbocycles. The Balaban J connectivity index is 3.03. The summed E-state index contributed by atoms with van der Waals surface area (Å²) in [6.07, 6.45) is -4.24. The molecule has 0 saturated heterocycles. The second-order valence-electron chi connectivity index (χ2n) is 6.32. The third kappa shape index (κ3) is 6.16. The Bertz CT molecular complexity index is 675. The number of nitrogens with one attached hydrogen (secondary N) is 1. The van der Waals surface area contributed by atoms with Crippen molar-refractivity contribution in [2.45, 2.75) is 50.9 Å². The fourth-order valence-corrected chi connectivity index (χ4v) is 3.28. The number of amides is 1. The monoisotopic (exact) mass is 370 g/mol. The van der Waals surface area contributed by atoms with Gasteiger partial charge < -0.3 is 9.32 Å². The fraction of sp³-hybridized carbons (Fsp3) is 0.643. The number of nitrogens with zero attached hydrogens (tertiary/aromatic N) is 1. The summed E-state index contributed by atoms with van der Waals surface area (Å²) < 4.78 is 69.2. The molecule has 0 aliphatic heterocycles. The van der Waals surface area contributed by atoms with Crippen LogP contribution in [0.1, 0.15) is 44.7 Å². The van der Waals surface area contributed by atoms with E-state index in [1.165, 1.54) is 0 Å². The van der Waals surface area contributed by atoms with Crippen LogP contribution >= 0.6 is 0 Å². The van der Waals surface area contributed by atoms with Gasteiger partial charge in [0, 0.05) is 12.1 Å². The number of sulfonamides is 1. The quantitative estimate of drug-likeness (QED) is 0.835. The average molecular weight is 370 g/mol. The lowest BCUT2D eigenvalue weighted by atomic mass is 10.1. The van der Waals surface area contributed by atoms with Gasteiger partial charge in [-0.1, -0.05) is 6.92 Å². The van der Waals surface area contributed by atoms with E-state index in [2.05, 4.69) is 4.72 Å². The molecule has 1 rings (SSSR count). The van der Waals surface area contributed by atoms with E-state index < -0.39 is 45.0 Å². The van der Waals surface area contributed by atoms with Crippen molar-refractivity contribution in [3.8, 4) is 0 Å². The maximum atomic E-state index is 12.6. The zero-order chi connectivity index (χ0) is 18.8. The molecule has 0 saturated carbocycles. The van der Waals surface area contributed by atoms with Gasteiger partial charge in [0.1, 0.15) is 6.54 Å². The first kappa shape index (κ1) is 20.5. The molecule has 138 valence electrons. The number of alkyl halides is 3. The van der Waals surface area contributed by atoms with Crippen LogP contribution in [0.4, 0.5) is 13.2 Å². The minimum Gasteiger partial charge on any atom is -0.438 e. The summed E-state index contributed by atoms with van der Waals surface area (Å²) in [6.45, 7) is 4.93. The van der Waals surface area contributed by atoms with E-state index in [0.717, 1.165) is 12.1 Å². The van der Waals surface area contributed by atoms with Gasteiger partial charge >= 0.3 is 6.18 Å². The van der Waals surface area contributed by atoms with Gasteiger partial charge in [-0.05, 0) is 39.3 Å². The first-order valence-corrected chi connectivity index (χ1v) is 8.73. The number of furan rings is 1. The fourth-order valence-electron chi connectivity index (χ4n) is 1.93. The molecular formula is C14H21F3N2O4S. The van der Waals surface area contributed by atoms with E-state index in [9.17, 15) is 26.4 Å². The Morgan fingerprint density at radius 1 is 1.25 bits per heavy atom. The third-order valence-electron chi connectivity index (χ3n) is 2.65. The summed E-state index contributed by atoms with van der Waals surface area (Å²) in [6, 6.07) is 2.09. The summed E-state index contributed by atoms with van der Waals surface area (Å²) in [5.74, 6) is -1.46. The number of carbonyl (C=O) groups excluding carboxylic acids is 1. The summed E-state index contributed by atoms with van der Waals surface area (Å²) >= 11 is 0. The maximum Gasteiger partial charge on any atom is 0.406 e. The summed E-state index contributed by atoms with van der Waals surface area (Å²) in [7, 11) is -4.01. The van der Waals surface area contributed by atoms with E-state index in [-0.39, 0.29) is 6.54 Å². The molecular weight excluding hydrogens is 349 g/mol. The highest BCUT2D eigenvalue weighted by molar-refractivity contribution is 7.89. The second kappa shape index (κ2) is 7.14. The van der Waals surface area contributed by atoms with E-state index >= 15 is 0 Å². The maximum absolute atomic E-state index is 12.6. The van der Waals surface area contributed by atoms with Crippen LogP contribution in [0.25, 0.3) is 0 Å². The number of halogens is 3. The topological polar surface area (TPSA) is 79.6 Å². The van der Waals surface area contributed by atoms with Gasteiger partial charge in [0.15, 0.2) is 5.76 Å². The van der Waals surface area contributed by atoms with Crippen LogP contribution in [0, 0.1) is 0 Å². The highest BCUT2D eigenvalue weighted by Gasteiger charge is 2.34. The molecule has 0 fully saturated rings. The van der Waals surface area contributed by atoms with Crippen molar-refractivity contribution < 1.29 is 30.8 Å². The number of rotatable bonds is 6. The average Bonchev–Trinajstić information content (AvgIpc) is 2.83. The zero-order valence-electron chi connectivity index (χ0n) is 13.9. The third-order valence-corrected chi connectivity index (χ3v) is 4.28. The zero-order valence-corrected chi connectivity index (χ0v) is 14.7. The van der Waals surface area contributed by atoms with Crippen LogP contribution < -0.4 is 4.72 Å².